The van der Waals surface area contributed by atoms with Crippen LogP contribution in [0.25, 0.3) is 0 Å². The van der Waals surface area contributed by atoms with Crippen LogP contribution in [0.15, 0.2) is 49.1 Å². The summed E-state index contributed by atoms with van der Waals surface area (Å²) < 4.78 is 0. The number of likely N-dealkylation sites (tertiary alicyclic amines) is 1. The lowest BCUT2D eigenvalue weighted by Gasteiger charge is -2.36. The molecule has 0 aromatic rings. The van der Waals surface area contributed by atoms with Crippen LogP contribution in [-0.4, -0.2) is 24.5 Å². The minimum absolute atomic E-state index is 0.197. The van der Waals surface area contributed by atoms with E-state index in [9.17, 15) is 0 Å². The molecule has 1 fully saturated rings. The van der Waals surface area contributed by atoms with Crippen LogP contribution in [0.1, 0.15) is 59.3 Å². The zero-order valence-electron chi connectivity index (χ0n) is 15.7. The van der Waals surface area contributed by atoms with Crippen LogP contribution in [0.3, 0.4) is 0 Å². The van der Waals surface area contributed by atoms with Gasteiger partial charge in [-0.2, -0.15) is 0 Å². The van der Waals surface area contributed by atoms with Gasteiger partial charge in [-0.1, -0.05) is 70.7 Å². The average molecular weight is 316 g/mol. The van der Waals surface area contributed by atoms with E-state index in [1.807, 2.05) is 12.2 Å². The fourth-order valence-corrected chi connectivity index (χ4v) is 3.44. The van der Waals surface area contributed by atoms with E-state index in [1.54, 1.807) is 0 Å². The average Bonchev–Trinajstić information content (AvgIpc) is 2.58. The Morgan fingerprint density at radius 2 is 1.87 bits per heavy atom. The van der Waals surface area contributed by atoms with Crippen molar-refractivity contribution in [3.05, 3.63) is 49.1 Å². The first kappa shape index (κ1) is 20.0. The summed E-state index contributed by atoms with van der Waals surface area (Å²) in [4.78, 5) is 2.63. The van der Waals surface area contributed by atoms with Crippen LogP contribution < -0.4 is 0 Å². The van der Waals surface area contributed by atoms with E-state index < -0.39 is 0 Å². The minimum Gasteiger partial charge on any atom is -0.303 e. The molecule has 130 valence electrons. The van der Waals surface area contributed by atoms with Gasteiger partial charge in [0.25, 0.3) is 0 Å². The highest BCUT2D eigenvalue weighted by molar-refractivity contribution is 5.25. The van der Waals surface area contributed by atoms with E-state index in [-0.39, 0.29) is 5.41 Å². The van der Waals surface area contributed by atoms with E-state index in [0.717, 1.165) is 12.3 Å². The monoisotopic (exact) mass is 315 g/mol. The van der Waals surface area contributed by atoms with Crippen LogP contribution in [0.2, 0.25) is 0 Å². The van der Waals surface area contributed by atoms with E-state index in [4.69, 9.17) is 0 Å². The van der Waals surface area contributed by atoms with E-state index in [0.29, 0.717) is 0 Å². The zero-order valence-corrected chi connectivity index (χ0v) is 15.7. The molecule has 1 unspecified atom stereocenters. The third-order valence-electron chi connectivity index (χ3n) is 5.70. The first-order valence-corrected chi connectivity index (χ1v) is 9.35. The lowest BCUT2D eigenvalue weighted by molar-refractivity contribution is 0.172. The van der Waals surface area contributed by atoms with Gasteiger partial charge in [0.2, 0.25) is 0 Å². The summed E-state index contributed by atoms with van der Waals surface area (Å²) in [5.74, 6) is 0.759. The predicted octanol–water partition coefficient (Wildman–Crippen LogP) is 6.16. The van der Waals surface area contributed by atoms with Crippen molar-refractivity contribution in [2.45, 2.75) is 59.3 Å². The van der Waals surface area contributed by atoms with Crippen LogP contribution in [0, 0.1) is 11.3 Å². The van der Waals surface area contributed by atoms with Crippen LogP contribution in [0.4, 0.5) is 0 Å². The van der Waals surface area contributed by atoms with Crippen molar-refractivity contribution in [1.29, 1.82) is 0 Å². The fraction of sp³-hybridized carbons (Fsp3) is 0.636. The highest BCUT2D eigenvalue weighted by Crippen LogP contribution is 2.35. The van der Waals surface area contributed by atoms with E-state index in [1.165, 1.54) is 62.9 Å². The summed E-state index contributed by atoms with van der Waals surface area (Å²) in [6, 6.07) is 0. The molecule has 1 aliphatic rings. The Morgan fingerprint density at radius 1 is 1.22 bits per heavy atom. The molecule has 1 heteroatoms. The third-order valence-corrected chi connectivity index (χ3v) is 5.70. The Bertz CT molecular complexity index is 423. The van der Waals surface area contributed by atoms with Gasteiger partial charge in [0, 0.05) is 0 Å². The van der Waals surface area contributed by atoms with Crippen LogP contribution in [-0.2, 0) is 0 Å². The van der Waals surface area contributed by atoms with E-state index in [2.05, 4.69) is 51.5 Å². The van der Waals surface area contributed by atoms with Gasteiger partial charge in [-0.15, -0.1) is 0 Å². The van der Waals surface area contributed by atoms with Gasteiger partial charge in [-0.25, -0.2) is 0 Å². The number of nitrogens with zero attached hydrogens (tertiary/aromatic N) is 1. The summed E-state index contributed by atoms with van der Waals surface area (Å²) >= 11 is 0. The molecule has 1 rings (SSSR count). The van der Waals surface area contributed by atoms with Crippen molar-refractivity contribution in [3.63, 3.8) is 0 Å². The summed E-state index contributed by atoms with van der Waals surface area (Å²) in [7, 11) is 0. The molecule has 1 heterocycles. The molecule has 0 spiro atoms. The molecule has 0 saturated carbocycles. The first-order valence-electron chi connectivity index (χ1n) is 9.35. The predicted molar refractivity (Wildman–Crippen MR) is 105 cm³/mol. The molecule has 1 atom stereocenters. The van der Waals surface area contributed by atoms with Crippen molar-refractivity contribution in [2.24, 2.45) is 11.3 Å². The van der Waals surface area contributed by atoms with Crippen molar-refractivity contribution in [1.82, 2.24) is 4.90 Å². The lowest BCUT2D eigenvalue weighted by Crippen LogP contribution is -2.37. The number of hydrogen-bond donors (Lipinski definition) is 0. The van der Waals surface area contributed by atoms with Crippen molar-refractivity contribution >= 4 is 0 Å². The molecule has 0 amide bonds. The SMILES string of the molecule is C=C/C=C\C(=C)C(C)(CC)CCN1CCC(C(=C)CCC)CC1. The Kier molecular flexibility index (Phi) is 8.62. The Morgan fingerprint density at radius 3 is 2.39 bits per heavy atom. The van der Waals surface area contributed by atoms with Gasteiger partial charge in [-0.05, 0) is 68.6 Å². The Labute approximate surface area is 144 Å². The number of rotatable bonds is 10. The second-order valence-corrected chi connectivity index (χ2v) is 7.31. The first-order chi connectivity index (χ1) is 11.0. The molecule has 1 saturated heterocycles. The van der Waals surface area contributed by atoms with Crippen molar-refractivity contribution in [2.75, 3.05) is 19.6 Å². The molecule has 1 nitrogen and oxygen atoms in total. The minimum atomic E-state index is 0.197. The smallest absolute Gasteiger partial charge is 0.00103 e. The summed E-state index contributed by atoms with van der Waals surface area (Å²) in [6.45, 7) is 22.8. The third kappa shape index (κ3) is 6.14. The maximum absolute atomic E-state index is 4.30. The molecule has 0 N–H and O–H groups in total. The maximum atomic E-state index is 4.30. The highest BCUT2D eigenvalue weighted by Gasteiger charge is 2.27. The molecule has 0 aliphatic carbocycles. The zero-order chi connectivity index (χ0) is 17.3. The molecule has 1 aliphatic heterocycles. The number of allylic oxidation sites excluding steroid dienone is 5. The molecule has 0 aromatic carbocycles. The normalized spacial score (nSPS) is 19.6. The summed E-state index contributed by atoms with van der Waals surface area (Å²) in [5.41, 5.74) is 2.90. The van der Waals surface area contributed by atoms with Crippen LogP contribution in [0.5, 0.6) is 0 Å². The van der Waals surface area contributed by atoms with Gasteiger partial charge >= 0.3 is 0 Å². The topological polar surface area (TPSA) is 3.24 Å². The molecule has 0 radical (unpaired) electrons. The van der Waals surface area contributed by atoms with Crippen molar-refractivity contribution in [3.8, 4) is 0 Å². The highest BCUT2D eigenvalue weighted by atomic mass is 15.1. The van der Waals surface area contributed by atoms with E-state index >= 15 is 0 Å². The lowest BCUT2D eigenvalue weighted by atomic mass is 9.77. The van der Waals surface area contributed by atoms with Gasteiger partial charge in [0.05, 0.1) is 0 Å². The molecular formula is C22H37N. The van der Waals surface area contributed by atoms with Gasteiger partial charge in [-0.3, -0.25) is 0 Å². The summed E-state index contributed by atoms with van der Waals surface area (Å²) in [6.07, 6.45) is 13.3. The number of hydrogen-bond acceptors (Lipinski definition) is 1. The molecule has 23 heavy (non-hydrogen) atoms. The largest absolute Gasteiger partial charge is 0.303 e. The molecular weight excluding hydrogens is 278 g/mol. The van der Waals surface area contributed by atoms with Gasteiger partial charge in [0.1, 0.15) is 0 Å². The standard InChI is InChI=1S/C22H37N/c1-7-10-12-20(5)22(6,9-3)15-18-23-16-13-21(14-17-23)19(4)11-8-2/h7,10,12,21H,1,4-5,8-9,11,13-18H2,2-3,6H3/b12-10-. The quantitative estimate of drug-likeness (QED) is 0.345. The molecule has 0 aromatic heterocycles. The second kappa shape index (κ2) is 9.93. The van der Waals surface area contributed by atoms with Gasteiger partial charge in [0.15, 0.2) is 0 Å². The van der Waals surface area contributed by atoms with Crippen LogP contribution >= 0.6 is 0 Å². The number of piperidine rings is 1. The van der Waals surface area contributed by atoms with Crippen molar-refractivity contribution < 1.29 is 0 Å². The fourth-order valence-electron chi connectivity index (χ4n) is 3.44. The Hall–Kier alpha value is -1.08. The summed E-state index contributed by atoms with van der Waals surface area (Å²) in [5, 5.41) is 0. The van der Waals surface area contributed by atoms with Gasteiger partial charge < -0.3 is 4.90 Å². The maximum Gasteiger partial charge on any atom is -0.00103 e. The molecule has 0 bridgehead atoms. The second-order valence-electron chi connectivity index (χ2n) is 7.31. The Balaban J connectivity index is 2.46.